The molecular weight excluding hydrogens is 206 g/mol. The van der Waals surface area contributed by atoms with Gasteiger partial charge in [-0.15, -0.1) is 11.8 Å². The molecule has 0 saturated carbocycles. The van der Waals surface area contributed by atoms with Gasteiger partial charge >= 0.3 is 0 Å². The molecule has 0 fully saturated rings. The summed E-state index contributed by atoms with van der Waals surface area (Å²) in [6, 6.07) is 3.75. The van der Waals surface area contributed by atoms with Gasteiger partial charge in [-0.3, -0.25) is 5.41 Å². The lowest BCUT2D eigenvalue weighted by molar-refractivity contribution is 0.749. The zero-order chi connectivity index (χ0) is 11.4. The maximum atomic E-state index is 7.46. The molecule has 0 aliphatic rings. The fourth-order valence-electron chi connectivity index (χ4n) is 1.09. The number of amidine groups is 1. The number of hydrogen-bond donors (Lipinski definition) is 2. The van der Waals surface area contributed by atoms with Crippen LogP contribution in [-0.2, 0) is 0 Å². The third-order valence-electron chi connectivity index (χ3n) is 1.84. The van der Waals surface area contributed by atoms with E-state index in [1.54, 1.807) is 11.8 Å². The minimum atomic E-state index is 0.0914. The van der Waals surface area contributed by atoms with Crippen LogP contribution in [0, 0.1) is 18.3 Å². The summed E-state index contributed by atoms with van der Waals surface area (Å²) in [7, 11) is 0. The Kier molecular flexibility index (Phi) is 4.15. The monoisotopic (exact) mass is 223 g/mol. The smallest absolute Gasteiger partial charge is 0.125 e. The van der Waals surface area contributed by atoms with Crippen molar-refractivity contribution >= 4 is 17.6 Å². The van der Waals surface area contributed by atoms with Gasteiger partial charge in [-0.2, -0.15) is 0 Å². The molecule has 1 heterocycles. The second-order valence-corrected chi connectivity index (χ2v) is 4.93. The summed E-state index contributed by atoms with van der Waals surface area (Å²) in [6.45, 7) is 6.27. The van der Waals surface area contributed by atoms with Crippen molar-refractivity contribution in [1.29, 1.82) is 5.41 Å². The molecule has 0 amide bonds. The van der Waals surface area contributed by atoms with Crippen molar-refractivity contribution in [1.82, 2.24) is 4.98 Å². The molecular formula is C11H17N3S. The number of nitrogens with zero attached hydrogens (tertiary/aromatic N) is 1. The van der Waals surface area contributed by atoms with Crippen LogP contribution in [0.25, 0.3) is 0 Å². The van der Waals surface area contributed by atoms with Gasteiger partial charge in [0.2, 0.25) is 0 Å². The number of pyridine rings is 1. The molecule has 0 aliphatic heterocycles. The minimum Gasteiger partial charge on any atom is -0.384 e. The SMILES string of the molecule is Cc1ccc(C(=N)N)c(SCC(C)C)n1. The van der Waals surface area contributed by atoms with Gasteiger partial charge in [-0.05, 0) is 25.0 Å². The van der Waals surface area contributed by atoms with Gasteiger partial charge in [0.15, 0.2) is 0 Å². The van der Waals surface area contributed by atoms with E-state index in [0.29, 0.717) is 5.92 Å². The average molecular weight is 223 g/mol. The highest BCUT2D eigenvalue weighted by Crippen LogP contribution is 2.22. The first-order valence-electron chi connectivity index (χ1n) is 4.95. The van der Waals surface area contributed by atoms with E-state index in [9.17, 15) is 0 Å². The fourth-order valence-corrected chi connectivity index (χ4v) is 2.13. The number of aryl methyl sites for hydroxylation is 1. The average Bonchev–Trinajstić information content (AvgIpc) is 2.14. The van der Waals surface area contributed by atoms with Crippen LogP contribution in [-0.4, -0.2) is 16.6 Å². The van der Waals surface area contributed by atoms with Crippen molar-refractivity contribution in [2.45, 2.75) is 25.8 Å². The highest BCUT2D eigenvalue weighted by atomic mass is 32.2. The van der Waals surface area contributed by atoms with Crippen LogP contribution in [0.15, 0.2) is 17.2 Å². The zero-order valence-electron chi connectivity index (χ0n) is 9.37. The molecule has 0 aliphatic carbocycles. The molecule has 82 valence electrons. The van der Waals surface area contributed by atoms with Crippen LogP contribution in [0.2, 0.25) is 0 Å². The number of nitrogen functional groups attached to an aromatic ring is 1. The van der Waals surface area contributed by atoms with Crippen LogP contribution in [0.1, 0.15) is 25.1 Å². The van der Waals surface area contributed by atoms with Crippen molar-refractivity contribution in [2.24, 2.45) is 11.7 Å². The summed E-state index contributed by atoms with van der Waals surface area (Å²) in [4.78, 5) is 4.41. The molecule has 0 bridgehead atoms. The lowest BCUT2D eigenvalue weighted by Gasteiger charge is -2.09. The Bertz CT molecular complexity index is 361. The summed E-state index contributed by atoms with van der Waals surface area (Å²) in [5.74, 6) is 1.70. The van der Waals surface area contributed by atoms with Crippen molar-refractivity contribution in [3.8, 4) is 0 Å². The molecule has 0 radical (unpaired) electrons. The molecule has 1 aromatic rings. The van der Waals surface area contributed by atoms with Crippen LogP contribution in [0.5, 0.6) is 0 Å². The molecule has 4 heteroatoms. The van der Waals surface area contributed by atoms with Crippen LogP contribution < -0.4 is 5.73 Å². The predicted molar refractivity (Wildman–Crippen MR) is 65.6 cm³/mol. The molecule has 0 spiro atoms. The van der Waals surface area contributed by atoms with E-state index < -0.39 is 0 Å². The first kappa shape index (κ1) is 12.0. The van der Waals surface area contributed by atoms with Crippen molar-refractivity contribution in [3.05, 3.63) is 23.4 Å². The first-order chi connectivity index (χ1) is 7.00. The Hall–Kier alpha value is -1.03. The molecule has 15 heavy (non-hydrogen) atoms. The predicted octanol–water partition coefficient (Wildman–Crippen LogP) is 2.42. The van der Waals surface area contributed by atoms with Gasteiger partial charge in [0.05, 0.1) is 0 Å². The Morgan fingerprint density at radius 3 is 2.73 bits per heavy atom. The first-order valence-corrected chi connectivity index (χ1v) is 5.94. The second-order valence-electron chi connectivity index (χ2n) is 3.92. The molecule has 3 nitrogen and oxygen atoms in total. The summed E-state index contributed by atoms with van der Waals surface area (Å²) in [5.41, 5.74) is 7.21. The minimum absolute atomic E-state index is 0.0914. The summed E-state index contributed by atoms with van der Waals surface area (Å²) in [6.07, 6.45) is 0. The summed E-state index contributed by atoms with van der Waals surface area (Å²) >= 11 is 1.67. The van der Waals surface area contributed by atoms with E-state index in [4.69, 9.17) is 11.1 Å². The second kappa shape index (κ2) is 5.16. The number of hydrogen-bond acceptors (Lipinski definition) is 3. The van der Waals surface area contributed by atoms with E-state index in [1.807, 2.05) is 19.1 Å². The van der Waals surface area contributed by atoms with Gasteiger partial charge in [0.25, 0.3) is 0 Å². The maximum Gasteiger partial charge on any atom is 0.125 e. The standard InChI is InChI=1S/C11H17N3S/c1-7(2)6-15-11-9(10(12)13)5-4-8(3)14-11/h4-5,7H,6H2,1-3H3,(H3,12,13). The van der Waals surface area contributed by atoms with Crippen molar-refractivity contribution < 1.29 is 0 Å². The fraction of sp³-hybridized carbons (Fsp3) is 0.455. The number of aromatic nitrogens is 1. The maximum absolute atomic E-state index is 7.46. The topological polar surface area (TPSA) is 62.8 Å². The van der Waals surface area contributed by atoms with Crippen LogP contribution in [0.3, 0.4) is 0 Å². The number of rotatable bonds is 4. The summed E-state index contributed by atoms with van der Waals surface area (Å²) in [5, 5.41) is 8.33. The van der Waals surface area contributed by atoms with Gasteiger partial charge < -0.3 is 5.73 Å². The third kappa shape index (κ3) is 3.55. The summed E-state index contributed by atoms with van der Waals surface area (Å²) < 4.78 is 0. The molecule has 0 aromatic carbocycles. The van der Waals surface area contributed by atoms with Gasteiger partial charge in [-0.25, -0.2) is 4.98 Å². The van der Waals surface area contributed by atoms with E-state index in [1.165, 1.54) is 0 Å². The largest absolute Gasteiger partial charge is 0.384 e. The Labute approximate surface area is 95.0 Å². The Balaban J connectivity index is 2.92. The Morgan fingerprint density at radius 2 is 2.20 bits per heavy atom. The lowest BCUT2D eigenvalue weighted by Crippen LogP contribution is -2.13. The van der Waals surface area contributed by atoms with Crippen LogP contribution in [0.4, 0.5) is 0 Å². The van der Waals surface area contributed by atoms with Crippen molar-refractivity contribution in [2.75, 3.05) is 5.75 Å². The van der Waals surface area contributed by atoms with E-state index >= 15 is 0 Å². The lowest BCUT2D eigenvalue weighted by atomic mass is 10.2. The molecule has 0 saturated heterocycles. The van der Waals surface area contributed by atoms with E-state index in [0.717, 1.165) is 22.0 Å². The zero-order valence-corrected chi connectivity index (χ0v) is 10.2. The molecule has 1 aromatic heterocycles. The Morgan fingerprint density at radius 1 is 1.53 bits per heavy atom. The number of nitrogens with two attached hydrogens (primary N) is 1. The third-order valence-corrected chi connectivity index (χ3v) is 3.26. The quantitative estimate of drug-likeness (QED) is 0.468. The number of thioether (sulfide) groups is 1. The van der Waals surface area contributed by atoms with Crippen LogP contribution >= 0.6 is 11.8 Å². The molecule has 1 rings (SSSR count). The highest BCUT2D eigenvalue weighted by Gasteiger charge is 2.08. The highest BCUT2D eigenvalue weighted by molar-refractivity contribution is 7.99. The van der Waals surface area contributed by atoms with Crippen molar-refractivity contribution in [3.63, 3.8) is 0 Å². The molecule has 0 atom stereocenters. The molecule has 3 N–H and O–H groups in total. The van der Waals surface area contributed by atoms with Gasteiger partial charge in [-0.1, -0.05) is 13.8 Å². The normalized spacial score (nSPS) is 10.7. The van der Waals surface area contributed by atoms with E-state index in [-0.39, 0.29) is 5.84 Å². The molecule has 0 unspecified atom stereocenters. The van der Waals surface area contributed by atoms with Gasteiger partial charge in [0.1, 0.15) is 10.9 Å². The van der Waals surface area contributed by atoms with Gasteiger partial charge in [0, 0.05) is 17.0 Å². The number of nitrogens with one attached hydrogen (secondary N) is 1. The van der Waals surface area contributed by atoms with E-state index in [2.05, 4.69) is 18.8 Å².